The molecule has 0 aliphatic carbocycles. The molecule has 0 radical (unpaired) electrons. The van der Waals surface area contributed by atoms with Gasteiger partial charge in [0.25, 0.3) is 0 Å². The standard InChI is InChI=1S/C27H27N3O3/c1-32-22-13-11-20(12-14-22)18-29-19-21(17-26(29)31)27-28-24-9-5-6-10-25(24)30(27)15-16-33-23-7-3-2-4-8-23/h2-14,21H,15-19H2,1H3. The molecule has 0 bridgehead atoms. The van der Waals surface area contributed by atoms with Crippen molar-refractivity contribution >= 4 is 16.9 Å². The van der Waals surface area contributed by atoms with Crippen LogP contribution in [0.25, 0.3) is 11.0 Å². The molecule has 1 atom stereocenters. The molecule has 1 aliphatic heterocycles. The van der Waals surface area contributed by atoms with Crippen molar-refractivity contribution < 1.29 is 14.3 Å². The van der Waals surface area contributed by atoms with Crippen molar-refractivity contribution in [3.63, 3.8) is 0 Å². The van der Waals surface area contributed by atoms with Gasteiger partial charge in [-0.05, 0) is 42.0 Å². The number of hydrogen-bond acceptors (Lipinski definition) is 4. The van der Waals surface area contributed by atoms with Crippen molar-refractivity contribution in [1.29, 1.82) is 0 Å². The highest BCUT2D eigenvalue weighted by Gasteiger charge is 2.34. The molecule has 5 rings (SSSR count). The van der Waals surface area contributed by atoms with E-state index in [2.05, 4.69) is 10.6 Å². The van der Waals surface area contributed by atoms with Crippen LogP contribution in [0.1, 0.15) is 23.7 Å². The molecule has 33 heavy (non-hydrogen) atoms. The molecule has 3 aromatic carbocycles. The lowest BCUT2D eigenvalue weighted by Crippen LogP contribution is -2.24. The van der Waals surface area contributed by atoms with Gasteiger partial charge in [0.15, 0.2) is 0 Å². The lowest BCUT2D eigenvalue weighted by atomic mass is 10.1. The van der Waals surface area contributed by atoms with Crippen molar-refractivity contribution in [3.05, 3.63) is 90.3 Å². The van der Waals surface area contributed by atoms with Crippen LogP contribution < -0.4 is 9.47 Å². The Morgan fingerprint density at radius 2 is 1.70 bits per heavy atom. The van der Waals surface area contributed by atoms with Gasteiger partial charge in [0, 0.05) is 25.4 Å². The SMILES string of the molecule is COc1ccc(CN2CC(c3nc4ccccc4n3CCOc3ccccc3)CC2=O)cc1. The van der Waals surface area contributed by atoms with Crippen LogP contribution in [0.2, 0.25) is 0 Å². The zero-order valence-corrected chi connectivity index (χ0v) is 18.7. The molecule has 1 aliphatic rings. The molecule has 2 heterocycles. The summed E-state index contributed by atoms with van der Waals surface area (Å²) in [7, 11) is 1.65. The van der Waals surface area contributed by atoms with E-state index >= 15 is 0 Å². The van der Waals surface area contributed by atoms with E-state index in [9.17, 15) is 4.79 Å². The summed E-state index contributed by atoms with van der Waals surface area (Å²) in [5, 5.41) is 0. The maximum Gasteiger partial charge on any atom is 0.223 e. The summed E-state index contributed by atoms with van der Waals surface area (Å²) in [4.78, 5) is 19.7. The van der Waals surface area contributed by atoms with E-state index in [1.54, 1.807) is 7.11 Å². The second-order valence-electron chi connectivity index (χ2n) is 8.30. The Labute approximate surface area is 193 Å². The number of aromatic nitrogens is 2. The predicted molar refractivity (Wildman–Crippen MR) is 127 cm³/mol. The van der Waals surface area contributed by atoms with Crippen molar-refractivity contribution in [3.8, 4) is 11.5 Å². The van der Waals surface area contributed by atoms with Gasteiger partial charge in [0.05, 0.1) is 24.7 Å². The fourth-order valence-corrected chi connectivity index (χ4v) is 4.46. The van der Waals surface area contributed by atoms with Gasteiger partial charge in [-0.2, -0.15) is 0 Å². The molecule has 0 spiro atoms. The Morgan fingerprint density at radius 1 is 0.939 bits per heavy atom. The van der Waals surface area contributed by atoms with Gasteiger partial charge < -0.3 is 18.9 Å². The largest absolute Gasteiger partial charge is 0.497 e. The first-order valence-corrected chi connectivity index (χ1v) is 11.2. The third-order valence-electron chi connectivity index (χ3n) is 6.12. The second kappa shape index (κ2) is 9.36. The van der Waals surface area contributed by atoms with E-state index in [0.29, 0.717) is 32.7 Å². The Morgan fingerprint density at radius 3 is 2.48 bits per heavy atom. The molecule has 6 nitrogen and oxygen atoms in total. The van der Waals surface area contributed by atoms with E-state index < -0.39 is 0 Å². The van der Waals surface area contributed by atoms with Gasteiger partial charge in [-0.15, -0.1) is 0 Å². The first-order valence-electron chi connectivity index (χ1n) is 11.2. The van der Waals surface area contributed by atoms with Crippen molar-refractivity contribution in [2.24, 2.45) is 0 Å². The van der Waals surface area contributed by atoms with Gasteiger partial charge in [-0.1, -0.05) is 42.5 Å². The van der Waals surface area contributed by atoms with Crippen LogP contribution in [0, 0.1) is 0 Å². The Bertz CT molecular complexity index is 1230. The minimum Gasteiger partial charge on any atom is -0.497 e. The summed E-state index contributed by atoms with van der Waals surface area (Å²) in [6, 6.07) is 25.8. The minimum absolute atomic E-state index is 0.0554. The lowest BCUT2D eigenvalue weighted by molar-refractivity contribution is -0.128. The maximum absolute atomic E-state index is 12.9. The highest BCUT2D eigenvalue weighted by atomic mass is 16.5. The molecule has 168 valence electrons. The smallest absolute Gasteiger partial charge is 0.223 e. The molecule has 4 aromatic rings. The summed E-state index contributed by atoms with van der Waals surface area (Å²) in [6.45, 7) is 2.46. The van der Waals surface area contributed by atoms with E-state index in [4.69, 9.17) is 14.5 Å². The Hall–Kier alpha value is -3.80. The number of hydrogen-bond donors (Lipinski definition) is 0. The molecule has 1 unspecified atom stereocenters. The lowest BCUT2D eigenvalue weighted by Gasteiger charge is -2.18. The number of imidazole rings is 1. The monoisotopic (exact) mass is 441 g/mol. The first kappa shape index (κ1) is 21.1. The average Bonchev–Trinajstić information content (AvgIpc) is 3.40. The van der Waals surface area contributed by atoms with Crippen molar-refractivity contribution in [2.75, 3.05) is 20.3 Å². The van der Waals surface area contributed by atoms with E-state index in [-0.39, 0.29) is 11.8 Å². The van der Waals surface area contributed by atoms with Gasteiger partial charge in [0.1, 0.15) is 23.9 Å². The molecule has 6 heteroatoms. The van der Waals surface area contributed by atoms with E-state index in [1.807, 2.05) is 77.7 Å². The third kappa shape index (κ3) is 4.55. The molecule has 1 aromatic heterocycles. The number of benzene rings is 3. The maximum atomic E-state index is 12.9. The molecule has 0 N–H and O–H groups in total. The predicted octanol–water partition coefficient (Wildman–Crippen LogP) is 4.64. The number of ether oxygens (including phenoxy) is 2. The van der Waals surface area contributed by atoms with Crippen LogP contribution in [0.15, 0.2) is 78.9 Å². The van der Waals surface area contributed by atoms with Gasteiger partial charge >= 0.3 is 0 Å². The zero-order chi connectivity index (χ0) is 22.6. The topological polar surface area (TPSA) is 56.6 Å². The van der Waals surface area contributed by atoms with Crippen LogP contribution in [0.5, 0.6) is 11.5 Å². The van der Waals surface area contributed by atoms with Crippen LogP contribution in [0.3, 0.4) is 0 Å². The number of nitrogens with zero attached hydrogens (tertiary/aromatic N) is 3. The number of methoxy groups -OCH3 is 1. The van der Waals surface area contributed by atoms with Crippen molar-refractivity contribution in [1.82, 2.24) is 14.5 Å². The number of rotatable bonds is 8. The van der Waals surface area contributed by atoms with Crippen LogP contribution in [-0.4, -0.2) is 40.6 Å². The number of para-hydroxylation sites is 3. The highest BCUT2D eigenvalue weighted by Crippen LogP contribution is 2.31. The quantitative estimate of drug-likeness (QED) is 0.400. The summed E-state index contributed by atoms with van der Waals surface area (Å²) < 4.78 is 13.4. The number of carbonyl (C=O) groups is 1. The summed E-state index contributed by atoms with van der Waals surface area (Å²) in [6.07, 6.45) is 0.471. The van der Waals surface area contributed by atoms with Crippen LogP contribution >= 0.6 is 0 Å². The summed E-state index contributed by atoms with van der Waals surface area (Å²) in [5.41, 5.74) is 3.12. The molecule has 0 saturated carbocycles. The van der Waals surface area contributed by atoms with E-state index in [0.717, 1.165) is 33.9 Å². The number of amides is 1. The number of fused-ring (bicyclic) bond motifs is 1. The normalized spacial score (nSPS) is 15.8. The molecule has 1 saturated heterocycles. The first-order chi connectivity index (χ1) is 16.2. The summed E-state index contributed by atoms with van der Waals surface area (Å²) >= 11 is 0. The van der Waals surface area contributed by atoms with Crippen LogP contribution in [-0.2, 0) is 17.9 Å². The Balaban J connectivity index is 1.34. The molecular formula is C27H27N3O3. The van der Waals surface area contributed by atoms with Crippen LogP contribution in [0.4, 0.5) is 0 Å². The number of likely N-dealkylation sites (tertiary alicyclic amines) is 1. The fourth-order valence-electron chi connectivity index (χ4n) is 4.46. The van der Waals surface area contributed by atoms with Crippen molar-refractivity contribution in [2.45, 2.75) is 25.4 Å². The second-order valence-corrected chi connectivity index (χ2v) is 8.30. The molecule has 1 amide bonds. The minimum atomic E-state index is 0.0554. The van der Waals surface area contributed by atoms with Gasteiger partial charge in [0.2, 0.25) is 5.91 Å². The fraction of sp³-hybridized carbons (Fsp3) is 0.259. The van der Waals surface area contributed by atoms with E-state index in [1.165, 1.54) is 0 Å². The molecule has 1 fully saturated rings. The van der Waals surface area contributed by atoms with Gasteiger partial charge in [-0.3, -0.25) is 4.79 Å². The molecular weight excluding hydrogens is 414 g/mol. The summed E-state index contributed by atoms with van der Waals surface area (Å²) in [5.74, 6) is 2.84. The highest BCUT2D eigenvalue weighted by molar-refractivity contribution is 5.81. The zero-order valence-electron chi connectivity index (χ0n) is 18.7. The average molecular weight is 442 g/mol. The number of carbonyl (C=O) groups excluding carboxylic acids is 1. The van der Waals surface area contributed by atoms with Gasteiger partial charge in [-0.25, -0.2) is 4.98 Å². The third-order valence-corrected chi connectivity index (χ3v) is 6.12. The Kier molecular flexibility index (Phi) is 5.98.